The molecule has 0 spiro atoms. The number of benzene rings is 2. The first-order valence-corrected chi connectivity index (χ1v) is 12.6. The van der Waals surface area contributed by atoms with Gasteiger partial charge in [-0.25, -0.2) is 0 Å². The van der Waals surface area contributed by atoms with Crippen LogP contribution in [0.4, 0.5) is 0 Å². The lowest BCUT2D eigenvalue weighted by molar-refractivity contribution is 0.186. The van der Waals surface area contributed by atoms with Crippen molar-refractivity contribution in [3.8, 4) is 29.0 Å². The van der Waals surface area contributed by atoms with E-state index in [-0.39, 0.29) is 0 Å². The van der Waals surface area contributed by atoms with Crippen LogP contribution in [0.2, 0.25) is 0 Å². The van der Waals surface area contributed by atoms with Crippen molar-refractivity contribution in [3.05, 3.63) is 71.3 Å². The molecule has 1 fully saturated rings. The second kappa shape index (κ2) is 11.2. The van der Waals surface area contributed by atoms with Gasteiger partial charge in [0.05, 0.1) is 11.6 Å². The highest BCUT2D eigenvalue weighted by molar-refractivity contribution is 5.65. The van der Waals surface area contributed by atoms with Crippen molar-refractivity contribution in [2.75, 3.05) is 0 Å². The molecule has 164 valence electrons. The molecular formula is C31H35N. The normalized spacial score (nSPS) is 22.9. The molecule has 1 heteroatoms. The molecule has 2 aromatic carbocycles. The second-order valence-electron chi connectivity index (χ2n) is 9.70. The van der Waals surface area contributed by atoms with Crippen LogP contribution in [0, 0.1) is 40.9 Å². The van der Waals surface area contributed by atoms with Gasteiger partial charge in [0.25, 0.3) is 0 Å². The minimum Gasteiger partial charge on any atom is -0.192 e. The van der Waals surface area contributed by atoms with Crippen LogP contribution in [0.1, 0.15) is 82.3 Å². The summed E-state index contributed by atoms with van der Waals surface area (Å²) in [6.45, 7) is 2.31. The molecule has 4 rings (SSSR count). The van der Waals surface area contributed by atoms with Crippen LogP contribution < -0.4 is 0 Å². The highest BCUT2D eigenvalue weighted by Crippen LogP contribution is 2.40. The lowest BCUT2D eigenvalue weighted by Crippen LogP contribution is -2.23. The zero-order valence-electron chi connectivity index (χ0n) is 19.4. The van der Waals surface area contributed by atoms with Gasteiger partial charge in [0.1, 0.15) is 0 Å². The van der Waals surface area contributed by atoms with Crippen molar-refractivity contribution in [1.29, 1.82) is 5.26 Å². The lowest BCUT2D eigenvalue weighted by atomic mass is 9.71. The van der Waals surface area contributed by atoms with Gasteiger partial charge in [0.2, 0.25) is 0 Å². The molecule has 2 aromatic rings. The molecule has 0 radical (unpaired) electrons. The minimum absolute atomic E-state index is 0.693. The third-order valence-corrected chi connectivity index (χ3v) is 7.58. The molecular weight excluding hydrogens is 386 g/mol. The highest BCUT2D eigenvalue weighted by atomic mass is 14.3. The van der Waals surface area contributed by atoms with Gasteiger partial charge in [-0.3, -0.25) is 0 Å². The van der Waals surface area contributed by atoms with Crippen molar-refractivity contribution in [1.82, 2.24) is 0 Å². The zero-order chi connectivity index (χ0) is 22.2. The predicted octanol–water partition coefficient (Wildman–Crippen LogP) is 8.30. The number of hydrogen-bond donors (Lipinski definition) is 0. The molecule has 1 unspecified atom stereocenters. The van der Waals surface area contributed by atoms with Crippen molar-refractivity contribution >= 4 is 0 Å². The van der Waals surface area contributed by atoms with E-state index >= 15 is 0 Å². The Kier molecular flexibility index (Phi) is 7.85. The van der Waals surface area contributed by atoms with Gasteiger partial charge in [-0.15, -0.1) is 0 Å². The number of unbranched alkanes of at least 4 members (excludes halogenated alkanes) is 1. The highest BCUT2D eigenvalue weighted by Gasteiger charge is 2.28. The van der Waals surface area contributed by atoms with Crippen molar-refractivity contribution in [2.24, 2.45) is 17.8 Å². The first kappa shape index (κ1) is 22.4. The summed E-state index contributed by atoms with van der Waals surface area (Å²) in [6.07, 6.45) is 16.2. The van der Waals surface area contributed by atoms with Gasteiger partial charge in [-0.2, -0.15) is 5.26 Å². The van der Waals surface area contributed by atoms with Crippen molar-refractivity contribution < 1.29 is 0 Å². The van der Waals surface area contributed by atoms with Gasteiger partial charge < -0.3 is 0 Å². The van der Waals surface area contributed by atoms with E-state index in [4.69, 9.17) is 5.26 Å². The SMILES string of the molecule is CCCCC1CCC(C2CC=C(C#Cc3ccc(-c4ccc(C#N)cc4)cc3)CC2)CC1. The average molecular weight is 422 g/mol. The van der Waals surface area contributed by atoms with Crippen molar-refractivity contribution in [3.63, 3.8) is 0 Å². The Bertz CT molecular complexity index is 999. The number of allylic oxidation sites excluding steroid dienone is 2. The van der Waals surface area contributed by atoms with Crippen LogP contribution in [0.15, 0.2) is 60.2 Å². The summed E-state index contributed by atoms with van der Waals surface area (Å²) in [5.74, 6) is 9.66. The third kappa shape index (κ3) is 5.93. The fourth-order valence-corrected chi connectivity index (χ4v) is 5.47. The van der Waals surface area contributed by atoms with Gasteiger partial charge in [0, 0.05) is 5.56 Å². The molecule has 1 nitrogen and oxygen atoms in total. The molecule has 1 saturated carbocycles. The summed E-state index contributed by atoms with van der Waals surface area (Å²) in [5.41, 5.74) is 5.37. The van der Waals surface area contributed by atoms with E-state index in [1.165, 1.54) is 63.4 Å². The number of nitrogens with zero attached hydrogens (tertiary/aromatic N) is 1. The Morgan fingerprint density at radius 3 is 2.00 bits per heavy atom. The Labute approximate surface area is 194 Å². The number of rotatable bonds is 5. The quantitative estimate of drug-likeness (QED) is 0.445. The van der Waals surface area contributed by atoms with Crippen molar-refractivity contribution in [2.45, 2.75) is 71.1 Å². The predicted molar refractivity (Wildman–Crippen MR) is 134 cm³/mol. The molecule has 0 bridgehead atoms. The van der Waals surface area contributed by atoms with E-state index in [0.717, 1.165) is 40.9 Å². The van der Waals surface area contributed by atoms with Crippen LogP contribution in [-0.4, -0.2) is 0 Å². The molecule has 0 saturated heterocycles. The molecule has 0 N–H and O–H groups in total. The fourth-order valence-electron chi connectivity index (χ4n) is 5.47. The maximum absolute atomic E-state index is 8.95. The maximum Gasteiger partial charge on any atom is 0.0991 e. The van der Waals surface area contributed by atoms with E-state index in [2.05, 4.69) is 55.2 Å². The summed E-state index contributed by atoms with van der Waals surface area (Å²) in [5, 5.41) is 8.95. The van der Waals surface area contributed by atoms with E-state index in [1.807, 2.05) is 24.3 Å². The van der Waals surface area contributed by atoms with Crippen LogP contribution in [-0.2, 0) is 0 Å². The second-order valence-corrected chi connectivity index (χ2v) is 9.70. The monoisotopic (exact) mass is 421 g/mol. The van der Waals surface area contributed by atoms with Crippen LogP contribution in [0.3, 0.4) is 0 Å². The smallest absolute Gasteiger partial charge is 0.0991 e. The van der Waals surface area contributed by atoms with E-state index in [1.54, 1.807) is 0 Å². The minimum atomic E-state index is 0.693. The van der Waals surface area contributed by atoms with E-state index in [9.17, 15) is 0 Å². The Balaban J connectivity index is 1.29. The summed E-state index contributed by atoms with van der Waals surface area (Å²) in [6, 6.07) is 18.3. The Hall–Kier alpha value is -2.77. The van der Waals surface area contributed by atoms with Gasteiger partial charge in [-0.05, 0) is 90.8 Å². The molecule has 0 aromatic heterocycles. The first-order valence-electron chi connectivity index (χ1n) is 12.6. The third-order valence-electron chi connectivity index (χ3n) is 7.58. The first-order chi connectivity index (χ1) is 15.7. The lowest BCUT2D eigenvalue weighted by Gasteiger charge is -2.35. The van der Waals surface area contributed by atoms with Crippen LogP contribution in [0.25, 0.3) is 11.1 Å². The maximum atomic E-state index is 8.95. The largest absolute Gasteiger partial charge is 0.192 e. The van der Waals surface area contributed by atoms with E-state index in [0.29, 0.717) is 5.56 Å². The molecule has 2 aliphatic carbocycles. The molecule has 0 amide bonds. The van der Waals surface area contributed by atoms with Crippen LogP contribution in [0.5, 0.6) is 0 Å². The zero-order valence-corrected chi connectivity index (χ0v) is 19.4. The average Bonchev–Trinajstić information content (AvgIpc) is 2.87. The summed E-state index contributed by atoms with van der Waals surface area (Å²) < 4.78 is 0. The van der Waals surface area contributed by atoms with Gasteiger partial charge >= 0.3 is 0 Å². The molecule has 0 heterocycles. The molecule has 32 heavy (non-hydrogen) atoms. The molecule has 0 aliphatic heterocycles. The van der Waals surface area contributed by atoms with E-state index < -0.39 is 0 Å². The summed E-state index contributed by atoms with van der Waals surface area (Å²) >= 11 is 0. The Morgan fingerprint density at radius 1 is 0.781 bits per heavy atom. The fraction of sp³-hybridized carbons (Fsp3) is 0.452. The number of nitriles is 1. The molecule has 1 atom stereocenters. The Morgan fingerprint density at radius 2 is 1.44 bits per heavy atom. The number of hydrogen-bond acceptors (Lipinski definition) is 1. The standard InChI is InChI=1S/C31H35N/c1-2-3-4-24-7-15-28(16-8-24)29-17-9-25(10-18-29)5-6-26-11-19-30(20-12-26)31-21-13-27(23-32)14-22-31/h9,11-14,19-22,24,28-29H,2-4,7-8,10,15-18H2,1H3. The summed E-state index contributed by atoms with van der Waals surface area (Å²) in [7, 11) is 0. The molecule has 2 aliphatic rings. The topological polar surface area (TPSA) is 23.8 Å². The van der Waals surface area contributed by atoms with Gasteiger partial charge in [0.15, 0.2) is 0 Å². The van der Waals surface area contributed by atoms with Gasteiger partial charge in [-0.1, -0.05) is 81.2 Å². The summed E-state index contributed by atoms with van der Waals surface area (Å²) in [4.78, 5) is 0. The van der Waals surface area contributed by atoms with Crippen LogP contribution >= 0.6 is 0 Å².